The highest BCUT2D eigenvalue weighted by atomic mass is 16.1. The fourth-order valence-electron chi connectivity index (χ4n) is 2.52. The average Bonchev–Trinajstić information content (AvgIpc) is 2.64. The second-order valence-electron chi connectivity index (χ2n) is 4.37. The van der Waals surface area contributed by atoms with Gasteiger partial charge in [0.2, 0.25) is 0 Å². The third-order valence-electron chi connectivity index (χ3n) is 3.09. The summed E-state index contributed by atoms with van der Waals surface area (Å²) in [5, 5.41) is 0. The molecule has 0 N–H and O–H groups in total. The lowest BCUT2D eigenvalue weighted by atomic mass is 10.00. The number of hydrogen-bond acceptors (Lipinski definition) is 1. The zero-order valence-electron chi connectivity index (χ0n) is 7.84. The van der Waals surface area contributed by atoms with E-state index in [1.54, 1.807) is 0 Å². The molecule has 0 aliphatic heterocycles. The molecule has 2 aliphatic rings. The van der Waals surface area contributed by atoms with E-state index in [0.717, 1.165) is 18.8 Å². The molecule has 3 atom stereocenters. The highest BCUT2D eigenvalue weighted by Gasteiger charge is 2.53. The van der Waals surface area contributed by atoms with Crippen molar-refractivity contribution in [2.75, 3.05) is 0 Å². The largest absolute Gasteiger partial charge is 0.299 e. The molecule has 0 heterocycles. The van der Waals surface area contributed by atoms with E-state index >= 15 is 0 Å². The van der Waals surface area contributed by atoms with Gasteiger partial charge in [0.1, 0.15) is 5.78 Å². The predicted molar refractivity (Wildman–Crippen MR) is 48.8 cm³/mol. The second-order valence-corrected chi connectivity index (χ2v) is 4.37. The fraction of sp³-hybridized carbons (Fsp3) is 0.727. The number of hydrogen-bond donors (Lipinski definition) is 0. The number of fused-ring (bicyclic) bond motifs is 1. The maximum atomic E-state index is 11.4. The molecule has 0 aromatic rings. The molecule has 1 nitrogen and oxygen atoms in total. The smallest absolute Gasteiger partial charge is 0.136 e. The molecule has 3 unspecified atom stereocenters. The number of carbonyl (C=O) groups is 1. The molecular formula is C11H16O. The van der Waals surface area contributed by atoms with Gasteiger partial charge in [0, 0.05) is 12.3 Å². The minimum atomic E-state index is 0.425. The molecule has 1 heteroatoms. The Morgan fingerprint density at radius 3 is 2.83 bits per heavy atom. The Morgan fingerprint density at radius 2 is 2.25 bits per heavy atom. The van der Waals surface area contributed by atoms with Gasteiger partial charge in [-0.25, -0.2) is 0 Å². The topological polar surface area (TPSA) is 17.1 Å². The molecule has 2 saturated carbocycles. The highest BCUT2D eigenvalue weighted by molar-refractivity contribution is 5.85. The minimum absolute atomic E-state index is 0.425. The number of allylic oxidation sites excluding steroid dienone is 2. The highest BCUT2D eigenvalue weighted by Crippen LogP contribution is 2.54. The SMILES string of the molecule is CC(C)=CC1C2CCCC(=O)C12. The van der Waals surface area contributed by atoms with Crippen molar-refractivity contribution in [2.24, 2.45) is 17.8 Å². The number of carbonyl (C=O) groups excluding carboxylic acids is 1. The zero-order chi connectivity index (χ0) is 8.72. The summed E-state index contributed by atoms with van der Waals surface area (Å²) in [7, 11) is 0. The number of ketones is 1. The lowest BCUT2D eigenvalue weighted by molar-refractivity contribution is -0.121. The van der Waals surface area contributed by atoms with E-state index in [-0.39, 0.29) is 0 Å². The van der Waals surface area contributed by atoms with Crippen LogP contribution in [0.4, 0.5) is 0 Å². The summed E-state index contributed by atoms with van der Waals surface area (Å²) in [5.41, 5.74) is 1.36. The molecule has 0 aromatic heterocycles. The van der Waals surface area contributed by atoms with Crippen LogP contribution in [0.25, 0.3) is 0 Å². The predicted octanol–water partition coefficient (Wildman–Crippen LogP) is 2.57. The van der Waals surface area contributed by atoms with Gasteiger partial charge in [-0.3, -0.25) is 4.79 Å². The van der Waals surface area contributed by atoms with Crippen LogP contribution in [0.5, 0.6) is 0 Å². The Labute approximate surface area is 73.8 Å². The Kier molecular flexibility index (Phi) is 1.82. The third kappa shape index (κ3) is 1.21. The van der Waals surface area contributed by atoms with Gasteiger partial charge in [0.05, 0.1) is 0 Å². The summed E-state index contributed by atoms with van der Waals surface area (Å²) in [6, 6.07) is 0. The van der Waals surface area contributed by atoms with Crippen LogP contribution in [-0.4, -0.2) is 5.78 Å². The van der Waals surface area contributed by atoms with E-state index in [2.05, 4.69) is 19.9 Å². The van der Waals surface area contributed by atoms with Crippen LogP contribution in [0, 0.1) is 17.8 Å². The molecule has 0 aromatic carbocycles. The van der Waals surface area contributed by atoms with Crippen molar-refractivity contribution < 1.29 is 4.79 Å². The molecule has 2 aliphatic carbocycles. The van der Waals surface area contributed by atoms with Crippen molar-refractivity contribution in [3.8, 4) is 0 Å². The van der Waals surface area contributed by atoms with Crippen molar-refractivity contribution in [3.63, 3.8) is 0 Å². The van der Waals surface area contributed by atoms with Crippen LogP contribution >= 0.6 is 0 Å². The van der Waals surface area contributed by atoms with Crippen molar-refractivity contribution >= 4 is 5.78 Å². The van der Waals surface area contributed by atoms with Gasteiger partial charge in [-0.2, -0.15) is 0 Å². The Morgan fingerprint density at radius 1 is 1.50 bits per heavy atom. The van der Waals surface area contributed by atoms with E-state index in [0.29, 0.717) is 17.6 Å². The van der Waals surface area contributed by atoms with Crippen LogP contribution in [0.15, 0.2) is 11.6 Å². The third-order valence-corrected chi connectivity index (χ3v) is 3.09. The van der Waals surface area contributed by atoms with Crippen LogP contribution in [0.3, 0.4) is 0 Å². The molecule has 0 radical (unpaired) electrons. The van der Waals surface area contributed by atoms with Gasteiger partial charge in [-0.15, -0.1) is 0 Å². The lowest BCUT2D eigenvalue weighted by Crippen LogP contribution is -2.07. The van der Waals surface area contributed by atoms with Gasteiger partial charge in [-0.1, -0.05) is 11.6 Å². The van der Waals surface area contributed by atoms with Crippen molar-refractivity contribution in [1.29, 1.82) is 0 Å². The summed E-state index contributed by atoms with van der Waals surface area (Å²) in [4.78, 5) is 11.4. The zero-order valence-corrected chi connectivity index (χ0v) is 7.84. The standard InChI is InChI=1S/C11H16O/c1-7(2)6-9-8-4-3-5-10(12)11(8)9/h6,8-9,11H,3-5H2,1-2H3. The molecule has 0 spiro atoms. The van der Waals surface area contributed by atoms with E-state index in [1.807, 2.05) is 0 Å². The average molecular weight is 164 g/mol. The normalized spacial score (nSPS) is 38.8. The Hall–Kier alpha value is -0.590. The first kappa shape index (κ1) is 8.03. The van der Waals surface area contributed by atoms with E-state index in [9.17, 15) is 4.79 Å². The second kappa shape index (κ2) is 2.72. The maximum absolute atomic E-state index is 11.4. The van der Waals surface area contributed by atoms with Gasteiger partial charge in [-0.05, 0) is 38.5 Å². The van der Waals surface area contributed by atoms with Crippen LogP contribution in [-0.2, 0) is 4.79 Å². The maximum Gasteiger partial charge on any atom is 0.136 e. The van der Waals surface area contributed by atoms with Crippen molar-refractivity contribution in [2.45, 2.75) is 33.1 Å². The van der Waals surface area contributed by atoms with Crippen LogP contribution in [0.1, 0.15) is 33.1 Å². The van der Waals surface area contributed by atoms with Gasteiger partial charge < -0.3 is 0 Å². The monoisotopic (exact) mass is 164 g/mol. The Bertz CT molecular complexity index is 235. The molecule has 0 saturated heterocycles. The molecule has 0 amide bonds. The van der Waals surface area contributed by atoms with E-state index < -0.39 is 0 Å². The summed E-state index contributed by atoms with van der Waals surface area (Å²) >= 11 is 0. The van der Waals surface area contributed by atoms with Crippen molar-refractivity contribution in [1.82, 2.24) is 0 Å². The molecule has 2 rings (SSSR count). The van der Waals surface area contributed by atoms with Crippen LogP contribution < -0.4 is 0 Å². The molecule has 0 bridgehead atoms. The van der Waals surface area contributed by atoms with Gasteiger partial charge in [0.25, 0.3) is 0 Å². The summed E-state index contributed by atoms with van der Waals surface area (Å²) in [5.74, 6) is 2.29. The first-order valence-electron chi connectivity index (χ1n) is 4.88. The molecule has 2 fully saturated rings. The quantitative estimate of drug-likeness (QED) is 0.544. The van der Waals surface area contributed by atoms with E-state index in [4.69, 9.17) is 0 Å². The van der Waals surface area contributed by atoms with E-state index in [1.165, 1.54) is 12.0 Å². The number of Topliss-reactive ketones (excluding diaryl/α,β-unsaturated/α-hetero) is 1. The molecule has 12 heavy (non-hydrogen) atoms. The van der Waals surface area contributed by atoms with Crippen molar-refractivity contribution in [3.05, 3.63) is 11.6 Å². The molecular weight excluding hydrogens is 148 g/mol. The van der Waals surface area contributed by atoms with Crippen LogP contribution in [0.2, 0.25) is 0 Å². The van der Waals surface area contributed by atoms with Gasteiger partial charge >= 0.3 is 0 Å². The summed E-state index contributed by atoms with van der Waals surface area (Å²) in [6.45, 7) is 4.24. The first-order chi connectivity index (χ1) is 5.70. The van der Waals surface area contributed by atoms with Gasteiger partial charge in [0.15, 0.2) is 0 Å². The number of rotatable bonds is 1. The summed E-state index contributed by atoms with van der Waals surface area (Å²) < 4.78 is 0. The fourth-order valence-corrected chi connectivity index (χ4v) is 2.52. The molecule has 66 valence electrons. The summed E-state index contributed by atoms with van der Waals surface area (Å²) in [6.07, 6.45) is 5.55. The Balaban J connectivity index is 2.06. The first-order valence-corrected chi connectivity index (χ1v) is 4.88. The lowest BCUT2D eigenvalue weighted by Gasteiger charge is -2.04. The minimum Gasteiger partial charge on any atom is -0.299 e.